The number of sulfone groups is 1. The van der Waals surface area contributed by atoms with Crippen molar-refractivity contribution in [3.05, 3.63) is 102 Å². The molecule has 4 rings (SSSR count). The summed E-state index contributed by atoms with van der Waals surface area (Å²) in [4.78, 5) is 21.2. The molecular weight excluding hydrogens is 434 g/mol. The zero-order chi connectivity index (χ0) is 23.4. The van der Waals surface area contributed by atoms with Crippen LogP contribution in [0, 0.1) is 6.92 Å². The lowest BCUT2D eigenvalue weighted by Gasteiger charge is -2.10. The van der Waals surface area contributed by atoms with E-state index < -0.39 is 9.84 Å². The molecule has 0 spiro atoms. The quantitative estimate of drug-likeness (QED) is 0.462. The maximum absolute atomic E-state index is 12.6. The minimum absolute atomic E-state index is 0.157. The Morgan fingerprint density at radius 1 is 0.848 bits per heavy atom. The lowest BCUT2D eigenvalue weighted by molar-refractivity contribution is 0.0950. The highest BCUT2D eigenvalue weighted by Gasteiger charge is 2.15. The summed E-state index contributed by atoms with van der Waals surface area (Å²) < 4.78 is 23.9. The predicted molar refractivity (Wildman–Crippen MR) is 128 cm³/mol. The molecule has 0 radical (unpaired) electrons. The molecule has 0 aliphatic heterocycles. The summed E-state index contributed by atoms with van der Waals surface area (Å²) in [5, 5.41) is 2.83. The van der Waals surface area contributed by atoms with Crippen molar-refractivity contribution in [1.29, 1.82) is 0 Å². The molecule has 2 aromatic carbocycles. The molecule has 1 N–H and O–H groups in total. The fourth-order valence-electron chi connectivity index (χ4n) is 3.59. The number of pyridine rings is 2. The number of amides is 1. The van der Waals surface area contributed by atoms with Gasteiger partial charge in [-0.3, -0.25) is 14.8 Å². The summed E-state index contributed by atoms with van der Waals surface area (Å²) in [5.74, 6) is -0.355. The molecule has 2 aromatic heterocycles. The first kappa shape index (κ1) is 22.4. The number of rotatable bonds is 6. The van der Waals surface area contributed by atoms with Crippen LogP contribution in [-0.4, -0.2) is 30.5 Å². The van der Waals surface area contributed by atoms with Gasteiger partial charge < -0.3 is 5.32 Å². The summed E-state index contributed by atoms with van der Waals surface area (Å²) in [5.41, 5.74) is 5.79. The topological polar surface area (TPSA) is 89.0 Å². The molecule has 33 heavy (non-hydrogen) atoms. The minimum atomic E-state index is -3.41. The fraction of sp³-hybridized carbons (Fsp3) is 0.115. The third-order valence-corrected chi connectivity index (χ3v) is 6.54. The number of aromatic nitrogens is 2. The van der Waals surface area contributed by atoms with Gasteiger partial charge in [-0.25, -0.2) is 8.42 Å². The molecule has 0 saturated heterocycles. The zero-order valence-electron chi connectivity index (χ0n) is 18.3. The minimum Gasteiger partial charge on any atom is -0.346 e. The van der Waals surface area contributed by atoms with Crippen LogP contribution in [0.5, 0.6) is 0 Å². The Morgan fingerprint density at radius 3 is 2.24 bits per heavy atom. The maximum Gasteiger partial charge on any atom is 0.251 e. The molecule has 2 heterocycles. The van der Waals surface area contributed by atoms with Gasteiger partial charge in [-0.2, -0.15) is 0 Å². The molecule has 0 aliphatic rings. The van der Waals surface area contributed by atoms with E-state index in [1.54, 1.807) is 37.6 Å². The van der Waals surface area contributed by atoms with E-state index >= 15 is 0 Å². The fourth-order valence-corrected chi connectivity index (χ4v) is 4.58. The van der Waals surface area contributed by atoms with Crippen LogP contribution in [0.4, 0.5) is 0 Å². The molecule has 4 aromatic rings. The molecule has 0 aliphatic carbocycles. The van der Waals surface area contributed by atoms with Crippen molar-refractivity contribution in [1.82, 2.24) is 15.3 Å². The third-order valence-electron chi connectivity index (χ3n) is 5.31. The highest BCUT2D eigenvalue weighted by atomic mass is 32.2. The molecule has 0 unspecified atom stereocenters. The summed E-state index contributed by atoms with van der Waals surface area (Å²) >= 11 is 0. The molecule has 6 nitrogen and oxygen atoms in total. The van der Waals surface area contributed by atoms with Gasteiger partial charge >= 0.3 is 0 Å². The Labute approximate surface area is 193 Å². The van der Waals surface area contributed by atoms with Gasteiger partial charge in [0.15, 0.2) is 9.84 Å². The van der Waals surface area contributed by atoms with E-state index in [1.807, 2.05) is 42.5 Å². The van der Waals surface area contributed by atoms with Gasteiger partial charge in [0, 0.05) is 30.4 Å². The van der Waals surface area contributed by atoms with Crippen LogP contribution in [0.25, 0.3) is 22.3 Å². The average Bonchev–Trinajstić information content (AvgIpc) is 2.83. The van der Waals surface area contributed by atoms with Crippen LogP contribution in [0.2, 0.25) is 0 Å². The number of carbonyl (C=O) groups excluding carboxylic acids is 1. The zero-order valence-corrected chi connectivity index (χ0v) is 19.1. The van der Waals surface area contributed by atoms with Crippen LogP contribution in [-0.2, 0) is 16.4 Å². The number of hydrogen-bond donors (Lipinski definition) is 1. The second kappa shape index (κ2) is 9.34. The first-order valence-corrected chi connectivity index (χ1v) is 12.2. The number of nitrogens with zero attached hydrogens (tertiary/aromatic N) is 2. The molecule has 0 saturated carbocycles. The molecular formula is C26H23N3O3S. The van der Waals surface area contributed by atoms with Gasteiger partial charge in [0.05, 0.1) is 17.1 Å². The van der Waals surface area contributed by atoms with Gasteiger partial charge in [0.2, 0.25) is 0 Å². The van der Waals surface area contributed by atoms with E-state index in [4.69, 9.17) is 0 Å². The normalized spacial score (nSPS) is 11.2. The van der Waals surface area contributed by atoms with Crippen LogP contribution in [0.1, 0.15) is 21.6 Å². The van der Waals surface area contributed by atoms with E-state index in [0.29, 0.717) is 16.8 Å². The molecule has 0 fully saturated rings. The van der Waals surface area contributed by atoms with Crippen molar-refractivity contribution in [3.63, 3.8) is 0 Å². The maximum atomic E-state index is 12.6. The monoisotopic (exact) mass is 457 g/mol. The van der Waals surface area contributed by atoms with Gasteiger partial charge in [0.1, 0.15) is 0 Å². The Balaban J connectivity index is 1.51. The van der Waals surface area contributed by atoms with Crippen molar-refractivity contribution < 1.29 is 13.2 Å². The number of hydrogen-bond acceptors (Lipinski definition) is 5. The SMILES string of the molecule is Cc1ccc(C(=O)NCc2cc(-c3cccc(-c4ccncc4)c3)ccn2)cc1S(C)(=O)=O. The van der Waals surface area contributed by atoms with Crippen molar-refractivity contribution in [2.45, 2.75) is 18.4 Å². The van der Waals surface area contributed by atoms with Crippen molar-refractivity contribution in [2.24, 2.45) is 0 Å². The summed E-state index contributed by atoms with van der Waals surface area (Å²) in [7, 11) is -3.41. The largest absolute Gasteiger partial charge is 0.346 e. The molecule has 166 valence electrons. The summed E-state index contributed by atoms with van der Waals surface area (Å²) in [6.07, 6.45) is 6.38. The van der Waals surface area contributed by atoms with Crippen LogP contribution < -0.4 is 5.32 Å². The number of benzene rings is 2. The highest BCUT2D eigenvalue weighted by Crippen LogP contribution is 2.26. The van der Waals surface area contributed by atoms with E-state index in [0.717, 1.165) is 28.5 Å². The molecule has 7 heteroatoms. The average molecular weight is 458 g/mol. The number of nitrogens with one attached hydrogen (secondary N) is 1. The van der Waals surface area contributed by atoms with Gasteiger partial charge in [-0.05, 0) is 77.2 Å². The van der Waals surface area contributed by atoms with Crippen LogP contribution >= 0.6 is 0 Å². The number of carbonyl (C=O) groups is 1. The van der Waals surface area contributed by atoms with Gasteiger partial charge in [-0.1, -0.05) is 24.3 Å². The van der Waals surface area contributed by atoms with E-state index in [9.17, 15) is 13.2 Å². The number of aryl methyl sites for hydroxylation is 1. The third kappa shape index (κ3) is 5.32. The van der Waals surface area contributed by atoms with Gasteiger partial charge in [-0.15, -0.1) is 0 Å². The summed E-state index contributed by atoms with van der Waals surface area (Å²) in [6, 6.07) is 20.6. The predicted octanol–water partition coefficient (Wildman–Crippen LogP) is 4.45. The second-order valence-electron chi connectivity index (χ2n) is 7.79. The van der Waals surface area contributed by atoms with E-state index in [-0.39, 0.29) is 17.3 Å². The standard InChI is InChI=1S/C26H23N3O3S/c1-18-6-7-23(16-25(18)33(2,31)32)26(30)29-17-24-15-22(10-13-28-24)21-5-3-4-20(14-21)19-8-11-27-12-9-19/h3-16H,17H2,1-2H3,(H,29,30). The highest BCUT2D eigenvalue weighted by molar-refractivity contribution is 7.90. The first-order chi connectivity index (χ1) is 15.8. The van der Waals surface area contributed by atoms with Crippen LogP contribution in [0.15, 0.2) is 90.2 Å². The van der Waals surface area contributed by atoms with Crippen molar-refractivity contribution in [3.8, 4) is 22.3 Å². The van der Waals surface area contributed by atoms with Crippen molar-refractivity contribution in [2.75, 3.05) is 6.26 Å². The lowest BCUT2D eigenvalue weighted by atomic mass is 10.00. The summed E-state index contributed by atoms with van der Waals surface area (Å²) in [6.45, 7) is 1.93. The van der Waals surface area contributed by atoms with E-state index in [1.165, 1.54) is 6.07 Å². The molecule has 1 amide bonds. The Bertz CT molecular complexity index is 1420. The lowest BCUT2D eigenvalue weighted by Crippen LogP contribution is -2.23. The second-order valence-corrected chi connectivity index (χ2v) is 9.77. The molecule has 0 bridgehead atoms. The Hall–Kier alpha value is -3.84. The molecule has 0 atom stereocenters. The van der Waals surface area contributed by atoms with Crippen LogP contribution in [0.3, 0.4) is 0 Å². The Kier molecular flexibility index (Phi) is 6.33. The van der Waals surface area contributed by atoms with Crippen molar-refractivity contribution >= 4 is 15.7 Å². The van der Waals surface area contributed by atoms with Gasteiger partial charge in [0.25, 0.3) is 5.91 Å². The Morgan fingerprint density at radius 2 is 1.52 bits per heavy atom. The smallest absolute Gasteiger partial charge is 0.251 e. The first-order valence-electron chi connectivity index (χ1n) is 10.4. The van der Waals surface area contributed by atoms with E-state index in [2.05, 4.69) is 21.4 Å².